The lowest BCUT2D eigenvalue weighted by Gasteiger charge is -2.05. The van der Waals surface area contributed by atoms with Crippen molar-refractivity contribution in [1.82, 2.24) is 15.1 Å². The van der Waals surface area contributed by atoms with Crippen LogP contribution in [0.15, 0.2) is 47.0 Å². The number of hydrogen-bond acceptors (Lipinski definition) is 5. The number of aryl methyl sites for hydroxylation is 2. The third kappa shape index (κ3) is 4.69. The van der Waals surface area contributed by atoms with Crippen molar-refractivity contribution in [3.8, 4) is 11.5 Å². The molecule has 1 aromatic carbocycles. The number of nitrogens with one attached hydrogen (secondary N) is 1. The van der Waals surface area contributed by atoms with Crippen LogP contribution in [0.2, 0.25) is 0 Å². The summed E-state index contributed by atoms with van der Waals surface area (Å²) in [5.41, 5.74) is 1.89. The molecule has 3 aromatic rings. The highest BCUT2D eigenvalue weighted by atomic mass is 16.5. The van der Waals surface area contributed by atoms with Gasteiger partial charge in [0.25, 0.3) is 5.91 Å². The molecule has 3 rings (SSSR count). The average Bonchev–Trinajstić information content (AvgIpc) is 3.31. The van der Waals surface area contributed by atoms with Gasteiger partial charge in [0, 0.05) is 24.8 Å². The Morgan fingerprint density at radius 1 is 1.19 bits per heavy atom. The second-order valence-electron chi connectivity index (χ2n) is 6.01. The van der Waals surface area contributed by atoms with E-state index in [2.05, 4.69) is 10.4 Å². The summed E-state index contributed by atoms with van der Waals surface area (Å²) in [7, 11) is 1.61. The number of methoxy groups -OCH3 is 1. The topological polar surface area (TPSA) is 78.5 Å². The number of carbonyl (C=O) groups excluding carboxylic acids is 1. The number of aromatic nitrogens is 2. The SMILES string of the molecule is CCn1cc(CNC(=O)c2ccc(COc3ccc(OC)cc3)o2)c(C)n1. The predicted octanol–water partition coefficient (Wildman–Crippen LogP) is 3.32. The Morgan fingerprint density at radius 2 is 1.93 bits per heavy atom. The summed E-state index contributed by atoms with van der Waals surface area (Å²) in [5, 5.41) is 7.22. The van der Waals surface area contributed by atoms with Gasteiger partial charge in [-0.25, -0.2) is 0 Å². The molecule has 0 saturated carbocycles. The Bertz CT molecular complexity index is 896. The molecule has 2 aromatic heterocycles. The minimum Gasteiger partial charge on any atom is -0.497 e. The summed E-state index contributed by atoms with van der Waals surface area (Å²) >= 11 is 0. The molecule has 7 nitrogen and oxygen atoms in total. The van der Waals surface area contributed by atoms with Gasteiger partial charge >= 0.3 is 0 Å². The summed E-state index contributed by atoms with van der Waals surface area (Å²) in [6.45, 7) is 5.39. The molecule has 0 fully saturated rings. The molecule has 0 saturated heterocycles. The number of nitrogens with zero attached hydrogens (tertiary/aromatic N) is 2. The molecule has 7 heteroatoms. The summed E-state index contributed by atoms with van der Waals surface area (Å²) in [4.78, 5) is 12.3. The standard InChI is InChI=1S/C20H23N3O4/c1-4-23-12-15(14(2)22-23)11-21-20(24)19-10-9-18(27-19)13-26-17-7-5-16(25-3)6-8-17/h5-10,12H,4,11,13H2,1-3H3,(H,21,24). The lowest BCUT2D eigenvalue weighted by molar-refractivity contribution is 0.0919. The minimum absolute atomic E-state index is 0.238. The largest absolute Gasteiger partial charge is 0.497 e. The number of ether oxygens (including phenoxy) is 2. The maximum Gasteiger partial charge on any atom is 0.287 e. The second-order valence-corrected chi connectivity index (χ2v) is 6.01. The predicted molar refractivity (Wildman–Crippen MR) is 99.8 cm³/mol. The van der Waals surface area contributed by atoms with E-state index in [-0.39, 0.29) is 18.3 Å². The van der Waals surface area contributed by atoms with E-state index in [0.29, 0.717) is 18.1 Å². The van der Waals surface area contributed by atoms with Gasteiger partial charge in [0.05, 0.1) is 12.8 Å². The molecule has 0 aliphatic rings. The van der Waals surface area contributed by atoms with Crippen LogP contribution in [0.1, 0.15) is 34.5 Å². The zero-order chi connectivity index (χ0) is 19.2. The van der Waals surface area contributed by atoms with Crippen LogP contribution >= 0.6 is 0 Å². The molecule has 2 heterocycles. The Hall–Kier alpha value is -3.22. The van der Waals surface area contributed by atoms with Crippen molar-refractivity contribution < 1.29 is 18.7 Å². The van der Waals surface area contributed by atoms with Gasteiger partial charge in [-0.05, 0) is 50.2 Å². The fourth-order valence-corrected chi connectivity index (χ4v) is 2.56. The van der Waals surface area contributed by atoms with Crippen LogP contribution in [0.5, 0.6) is 11.5 Å². The number of carbonyl (C=O) groups is 1. The Labute approximate surface area is 157 Å². The van der Waals surface area contributed by atoms with Gasteiger partial charge in [0.1, 0.15) is 23.9 Å². The lowest BCUT2D eigenvalue weighted by atomic mass is 10.2. The number of amides is 1. The number of furan rings is 1. The molecule has 142 valence electrons. The summed E-state index contributed by atoms with van der Waals surface area (Å²) in [6, 6.07) is 10.6. The van der Waals surface area contributed by atoms with Crippen molar-refractivity contribution in [1.29, 1.82) is 0 Å². The molecule has 27 heavy (non-hydrogen) atoms. The van der Waals surface area contributed by atoms with Crippen LogP contribution in [-0.4, -0.2) is 22.8 Å². The number of benzene rings is 1. The van der Waals surface area contributed by atoms with Crippen LogP contribution in [0.3, 0.4) is 0 Å². The van der Waals surface area contributed by atoms with E-state index in [1.165, 1.54) is 0 Å². The Balaban J connectivity index is 1.52. The van der Waals surface area contributed by atoms with Crippen molar-refractivity contribution >= 4 is 5.91 Å². The third-order valence-electron chi connectivity index (χ3n) is 4.14. The summed E-state index contributed by atoms with van der Waals surface area (Å²) in [6.07, 6.45) is 1.94. The van der Waals surface area contributed by atoms with Gasteiger partial charge in [-0.2, -0.15) is 5.10 Å². The molecule has 0 spiro atoms. The molecule has 1 N–H and O–H groups in total. The zero-order valence-corrected chi connectivity index (χ0v) is 15.7. The molecule has 0 aliphatic heterocycles. The quantitative estimate of drug-likeness (QED) is 0.659. The van der Waals surface area contributed by atoms with Crippen LogP contribution < -0.4 is 14.8 Å². The van der Waals surface area contributed by atoms with E-state index in [0.717, 1.165) is 23.6 Å². The smallest absolute Gasteiger partial charge is 0.287 e. The highest BCUT2D eigenvalue weighted by Gasteiger charge is 2.13. The van der Waals surface area contributed by atoms with Crippen LogP contribution in [-0.2, 0) is 19.7 Å². The normalized spacial score (nSPS) is 10.6. The summed E-state index contributed by atoms with van der Waals surface area (Å²) in [5.74, 6) is 2.02. The van der Waals surface area contributed by atoms with E-state index in [1.807, 2.05) is 49.0 Å². The van der Waals surface area contributed by atoms with Crippen LogP contribution in [0, 0.1) is 6.92 Å². The molecular weight excluding hydrogens is 346 g/mol. The fraction of sp³-hybridized carbons (Fsp3) is 0.300. The molecule has 0 radical (unpaired) electrons. The van der Waals surface area contributed by atoms with Gasteiger partial charge in [-0.15, -0.1) is 0 Å². The van der Waals surface area contributed by atoms with Crippen molar-refractivity contribution in [2.75, 3.05) is 7.11 Å². The van der Waals surface area contributed by atoms with Gasteiger partial charge in [0.2, 0.25) is 0 Å². The van der Waals surface area contributed by atoms with E-state index < -0.39 is 0 Å². The van der Waals surface area contributed by atoms with Crippen molar-refractivity contribution in [2.24, 2.45) is 0 Å². The van der Waals surface area contributed by atoms with Crippen LogP contribution in [0.4, 0.5) is 0 Å². The van der Waals surface area contributed by atoms with Crippen molar-refractivity contribution in [3.05, 3.63) is 65.4 Å². The first-order valence-corrected chi connectivity index (χ1v) is 8.75. The lowest BCUT2D eigenvalue weighted by Crippen LogP contribution is -2.22. The number of hydrogen-bond donors (Lipinski definition) is 1. The first-order chi connectivity index (χ1) is 13.1. The first kappa shape index (κ1) is 18.6. The van der Waals surface area contributed by atoms with E-state index in [9.17, 15) is 4.79 Å². The van der Waals surface area contributed by atoms with Crippen LogP contribution in [0.25, 0.3) is 0 Å². The second kappa shape index (κ2) is 8.44. The molecule has 0 atom stereocenters. The van der Waals surface area contributed by atoms with Gasteiger partial charge < -0.3 is 19.2 Å². The first-order valence-electron chi connectivity index (χ1n) is 8.75. The van der Waals surface area contributed by atoms with Crippen molar-refractivity contribution in [2.45, 2.75) is 33.5 Å². The Kier molecular flexibility index (Phi) is 5.80. The Morgan fingerprint density at radius 3 is 2.59 bits per heavy atom. The summed E-state index contributed by atoms with van der Waals surface area (Å²) < 4.78 is 18.2. The van der Waals surface area contributed by atoms with Gasteiger partial charge in [0.15, 0.2) is 5.76 Å². The maximum absolute atomic E-state index is 12.3. The molecular formula is C20H23N3O4. The molecule has 0 unspecified atom stereocenters. The zero-order valence-electron chi connectivity index (χ0n) is 15.7. The highest BCUT2D eigenvalue weighted by molar-refractivity contribution is 5.91. The highest BCUT2D eigenvalue weighted by Crippen LogP contribution is 2.19. The van der Waals surface area contributed by atoms with E-state index in [4.69, 9.17) is 13.9 Å². The minimum atomic E-state index is -0.269. The van der Waals surface area contributed by atoms with Gasteiger partial charge in [-0.1, -0.05) is 0 Å². The maximum atomic E-state index is 12.3. The average molecular weight is 369 g/mol. The van der Waals surface area contributed by atoms with E-state index in [1.54, 1.807) is 19.2 Å². The fourth-order valence-electron chi connectivity index (χ4n) is 2.56. The van der Waals surface area contributed by atoms with Gasteiger partial charge in [-0.3, -0.25) is 9.48 Å². The monoisotopic (exact) mass is 369 g/mol. The van der Waals surface area contributed by atoms with Crippen molar-refractivity contribution in [3.63, 3.8) is 0 Å². The molecule has 0 bridgehead atoms. The number of rotatable bonds is 8. The molecule has 0 aliphatic carbocycles. The third-order valence-corrected chi connectivity index (χ3v) is 4.14. The van der Waals surface area contributed by atoms with E-state index >= 15 is 0 Å². The molecule has 1 amide bonds.